The average Bonchev–Trinajstić information content (AvgIpc) is 2.43. The first-order chi connectivity index (χ1) is 9.51. The van der Waals surface area contributed by atoms with Crippen molar-refractivity contribution >= 4 is 11.6 Å². The average molecular weight is 298 g/mol. The van der Waals surface area contributed by atoms with Gasteiger partial charge < -0.3 is 10.5 Å². The van der Waals surface area contributed by atoms with Gasteiger partial charge in [-0.05, 0) is 36.2 Å². The highest BCUT2D eigenvalue weighted by atomic mass is 35.5. The second-order valence-corrected chi connectivity index (χ2v) is 4.86. The molecule has 0 amide bonds. The maximum absolute atomic E-state index is 13.8. The molecule has 0 radical (unpaired) electrons. The lowest BCUT2D eigenvalue weighted by atomic mass is 9.99. The molecule has 0 heterocycles. The fraction of sp³-hybridized carbons (Fsp3) is 0.200. The molecule has 0 aromatic heterocycles. The molecule has 0 spiro atoms. The molecule has 2 nitrogen and oxygen atoms in total. The first kappa shape index (κ1) is 14.8. The third-order valence-electron chi connectivity index (χ3n) is 3.03. The third kappa shape index (κ3) is 3.26. The second kappa shape index (κ2) is 6.20. The summed E-state index contributed by atoms with van der Waals surface area (Å²) < 4.78 is 32.3. The first-order valence-electron chi connectivity index (χ1n) is 6.04. The standard InChI is InChI=1S/C15H14ClF2NO/c1-20-10-4-2-3-9(5-10)6-15(19)11-7-14(18)12(16)8-13(11)17/h2-5,7-8,15H,6,19H2,1H3. The summed E-state index contributed by atoms with van der Waals surface area (Å²) in [6.45, 7) is 0. The number of methoxy groups -OCH3 is 1. The van der Waals surface area contributed by atoms with Crippen molar-refractivity contribution in [2.24, 2.45) is 5.73 Å². The lowest BCUT2D eigenvalue weighted by molar-refractivity contribution is 0.414. The summed E-state index contributed by atoms with van der Waals surface area (Å²) in [7, 11) is 1.56. The van der Waals surface area contributed by atoms with Gasteiger partial charge in [0.2, 0.25) is 0 Å². The van der Waals surface area contributed by atoms with Gasteiger partial charge in [0.05, 0.1) is 12.1 Å². The molecule has 0 aliphatic rings. The molecule has 2 aromatic carbocycles. The van der Waals surface area contributed by atoms with Crippen molar-refractivity contribution in [3.63, 3.8) is 0 Å². The van der Waals surface area contributed by atoms with Crippen LogP contribution < -0.4 is 10.5 Å². The Balaban J connectivity index is 2.23. The maximum atomic E-state index is 13.8. The monoisotopic (exact) mass is 297 g/mol. The third-order valence-corrected chi connectivity index (χ3v) is 3.32. The largest absolute Gasteiger partial charge is 0.497 e. The number of ether oxygens (including phenoxy) is 1. The summed E-state index contributed by atoms with van der Waals surface area (Å²) in [6, 6.07) is 8.61. The van der Waals surface area contributed by atoms with E-state index in [4.69, 9.17) is 22.1 Å². The summed E-state index contributed by atoms with van der Waals surface area (Å²) >= 11 is 5.52. The molecule has 2 N–H and O–H groups in total. The van der Waals surface area contributed by atoms with Crippen LogP contribution in [0, 0.1) is 11.6 Å². The van der Waals surface area contributed by atoms with Crippen LogP contribution >= 0.6 is 11.6 Å². The SMILES string of the molecule is COc1cccc(CC(N)c2cc(F)c(Cl)cc2F)c1. The molecule has 20 heavy (non-hydrogen) atoms. The highest BCUT2D eigenvalue weighted by Crippen LogP contribution is 2.25. The minimum absolute atomic E-state index is 0.106. The molecule has 0 saturated carbocycles. The van der Waals surface area contributed by atoms with Gasteiger partial charge in [0.15, 0.2) is 0 Å². The van der Waals surface area contributed by atoms with Gasteiger partial charge in [-0.2, -0.15) is 0 Å². The van der Waals surface area contributed by atoms with Crippen molar-refractivity contribution in [2.75, 3.05) is 7.11 Å². The van der Waals surface area contributed by atoms with E-state index in [0.717, 1.165) is 17.7 Å². The van der Waals surface area contributed by atoms with Crippen LogP contribution in [0.4, 0.5) is 8.78 Å². The first-order valence-corrected chi connectivity index (χ1v) is 6.42. The van der Waals surface area contributed by atoms with E-state index in [0.29, 0.717) is 12.2 Å². The molecule has 2 aromatic rings. The zero-order valence-electron chi connectivity index (χ0n) is 10.9. The van der Waals surface area contributed by atoms with Gasteiger partial charge in [-0.15, -0.1) is 0 Å². The Morgan fingerprint density at radius 1 is 1.20 bits per heavy atom. The van der Waals surface area contributed by atoms with Crippen LogP contribution in [-0.2, 0) is 6.42 Å². The molecule has 1 atom stereocenters. The van der Waals surface area contributed by atoms with E-state index in [1.807, 2.05) is 18.2 Å². The Labute approximate surface area is 121 Å². The highest BCUT2D eigenvalue weighted by Gasteiger charge is 2.15. The number of rotatable bonds is 4. The van der Waals surface area contributed by atoms with E-state index in [2.05, 4.69) is 0 Å². The van der Waals surface area contributed by atoms with E-state index in [1.165, 1.54) is 0 Å². The predicted octanol–water partition coefficient (Wildman–Crippen LogP) is 3.87. The van der Waals surface area contributed by atoms with Crippen molar-refractivity contribution < 1.29 is 13.5 Å². The number of nitrogens with two attached hydrogens (primary N) is 1. The van der Waals surface area contributed by atoms with Crippen LogP contribution in [0.3, 0.4) is 0 Å². The van der Waals surface area contributed by atoms with E-state index in [-0.39, 0.29) is 10.6 Å². The Morgan fingerprint density at radius 2 is 1.95 bits per heavy atom. The van der Waals surface area contributed by atoms with Crippen LogP contribution in [0.25, 0.3) is 0 Å². The summed E-state index contributed by atoms with van der Waals surface area (Å²) in [5.41, 5.74) is 6.94. The number of halogens is 3. The molecule has 0 aliphatic carbocycles. The molecule has 0 fully saturated rings. The van der Waals surface area contributed by atoms with Gasteiger partial charge in [-0.25, -0.2) is 8.78 Å². The van der Waals surface area contributed by atoms with Crippen molar-refractivity contribution in [3.05, 3.63) is 64.2 Å². The van der Waals surface area contributed by atoms with Crippen molar-refractivity contribution in [1.82, 2.24) is 0 Å². The Kier molecular flexibility index (Phi) is 4.57. The molecule has 0 saturated heterocycles. The number of hydrogen-bond acceptors (Lipinski definition) is 2. The van der Waals surface area contributed by atoms with Gasteiger partial charge in [-0.1, -0.05) is 23.7 Å². The Bertz CT molecular complexity index is 619. The normalized spacial score (nSPS) is 12.2. The molecule has 0 aliphatic heterocycles. The number of benzene rings is 2. The van der Waals surface area contributed by atoms with Gasteiger partial charge in [0, 0.05) is 11.6 Å². The molecule has 106 valence electrons. The second-order valence-electron chi connectivity index (χ2n) is 4.45. The Hall–Kier alpha value is -1.65. The highest BCUT2D eigenvalue weighted by molar-refractivity contribution is 6.30. The van der Waals surface area contributed by atoms with E-state index in [9.17, 15) is 8.78 Å². The minimum atomic E-state index is -0.677. The smallest absolute Gasteiger partial charge is 0.142 e. The molecule has 1 unspecified atom stereocenters. The van der Waals surface area contributed by atoms with Crippen LogP contribution in [-0.4, -0.2) is 7.11 Å². The van der Waals surface area contributed by atoms with Crippen molar-refractivity contribution in [1.29, 1.82) is 0 Å². The predicted molar refractivity (Wildman–Crippen MR) is 75.0 cm³/mol. The van der Waals surface area contributed by atoms with Gasteiger partial charge in [0.1, 0.15) is 17.4 Å². The summed E-state index contributed by atoms with van der Waals surface area (Å²) in [6.07, 6.45) is 0.370. The van der Waals surface area contributed by atoms with Gasteiger partial charge in [-0.3, -0.25) is 0 Å². The fourth-order valence-corrected chi connectivity index (χ4v) is 2.14. The summed E-state index contributed by atoms with van der Waals surface area (Å²) in [5, 5.41) is -0.250. The topological polar surface area (TPSA) is 35.2 Å². The lowest BCUT2D eigenvalue weighted by Crippen LogP contribution is -2.15. The molecular formula is C15H14ClF2NO. The fourth-order valence-electron chi connectivity index (χ4n) is 1.99. The molecule has 2 rings (SSSR count). The maximum Gasteiger partial charge on any atom is 0.142 e. The molecule has 0 bridgehead atoms. The number of hydrogen-bond donors (Lipinski definition) is 1. The molecule has 5 heteroatoms. The van der Waals surface area contributed by atoms with Crippen molar-refractivity contribution in [2.45, 2.75) is 12.5 Å². The van der Waals surface area contributed by atoms with E-state index in [1.54, 1.807) is 13.2 Å². The molecular weight excluding hydrogens is 284 g/mol. The van der Waals surface area contributed by atoms with Gasteiger partial charge >= 0.3 is 0 Å². The quantitative estimate of drug-likeness (QED) is 0.870. The van der Waals surface area contributed by atoms with Crippen molar-refractivity contribution in [3.8, 4) is 5.75 Å². The van der Waals surface area contributed by atoms with Crippen LogP contribution in [0.1, 0.15) is 17.2 Å². The minimum Gasteiger partial charge on any atom is -0.497 e. The van der Waals surface area contributed by atoms with Crippen LogP contribution in [0.5, 0.6) is 5.75 Å². The lowest BCUT2D eigenvalue weighted by Gasteiger charge is -2.14. The van der Waals surface area contributed by atoms with Crippen LogP contribution in [0.2, 0.25) is 5.02 Å². The van der Waals surface area contributed by atoms with E-state index >= 15 is 0 Å². The zero-order chi connectivity index (χ0) is 14.7. The van der Waals surface area contributed by atoms with Gasteiger partial charge in [0.25, 0.3) is 0 Å². The Morgan fingerprint density at radius 3 is 2.65 bits per heavy atom. The van der Waals surface area contributed by atoms with E-state index < -0.39 is 17.7 Å². The zero-order valence-corrected chi connectivity index (χ0v) is 11.6. The summed E-state index contributed by atoms with van der Waals surface area (Å²) in [5.74, 6) is -0.589. The summed E-state index contributed by atoms with van der Waals surface area (Å²) in [4.78, 5) is 0. The van der Waals surface area contributed by atoms with Crippen LogP contribution in [0.15, 0.2) is 36.4 Å².